The fraction of sp³-hybridized carbons (Fsp3) is 0.682. The normalized spacial score (nSPS) is 19.5. The van der Waals surface area contributed by atoms with Crippen LogP contribution in [-0.2, 0) is 10.0 Å². The van der Waals surface area contributed by atoms with Crippen LogP contribution in [0.2, 0.25) is 0 Å². The van der Waals surface area contributed by atoms with E-state index in [2.05, 4.69) is 16.7 Å². The molecule has 0 radical (unpaired) electrons. The third-order valence-corrected chi connectivity index (χ3v) is 7.75. The molecule has 2 aliphatic rings. The smallest absolute Gasteiger partial charge is 0.257 e. The molecule has 0 saturated carbocycles. The van der Waals surface area contributed by atoms with Crippen LogP contribution in [0.3, 0.4) is 0 Å². The summed E-state index contributed by atoms with van der Waals surface area (Å²) in [5.41, 5.74) is 0.317. The standard InChI is InChI=1S/C22H35N3O4S/c1-24-15-10-18(11-16-24)9-12-23-30(27,28)19-7-8-21(29-2)20(17-19)22(26)25-13-5-3-4-6-14-25/h7-8,17-18,23H,3-6,9-16H2,1-2H3. The zero-order chi connectivity index (χ0) is 21.6. The largest absolute Gasteiger partial charge is 0.496 e. The predicted molar refractivity (Wildman–Crippen MR) is 117 cm³/mol. The number of carbonyl (C=O) groups excluding carboxylic acids is 1. The number of piperidine rings is 1. The molecule has 2 saturated heterocycles. The van der Waals surface area contributed by atoms with Crippen LogP contribution >= 0.6 is 0 Å². The van der Waals surface area contributed by atoms with Gasteiger partial charge in [0.1, 0.15) is 5.75 Å². The van der Waals surface area contributed by atoms with Crippen LogP contribution in [0.15, 0.2) is 23.1 Å². The SMILES string of the molecule is COc1ccc(S(=O)(=O)NCCC2CCN(C)CC2)cc1C(=O)N1CCCCCC1. The number of benzene rings is 1. The zero-order valence-corrected chi connectivity index (χ0v) is 19.0. The van der Waals surface area contributed by atoms with E-state index in [1.807, 2.05) is 4.90 Å². The van der Waals surface area contributed by atoms with Crippen molar-refractivity contribution in [2.24, 2.45) is 5.92 Å². The maximum Gasteiger partial charge on any atom is 0.257 e. The van der Waals surface area contributed by atoms with Gasteiger partial charge in [-0.05, 0) is 76.4 Å². The number of methoxy groups -OCH3 is 1. The molecule has 168 valence electrons. The number of ether oxygens (including phenoxy) is 1. The summed E-state index contributed by atoms with van der Waals surface area (Å²) in [6.45, 7) is 3.95. The van der Waals surface area contributed by atoms with Gasteiger partial charge in [0.2, 0.25) is 10.0 Å². The Morgan fingerprint density at radius 3 is 2.40 bits per heavy atom. The summed E-state index contributed by atoms with van der Waals surface area (Å²) in [6, 6.07) is 4.55. The van der Waals surface area contributed by atoms with E-state index < -0.39 is 10.0 Å². The highest BCUT2D eigenvalue weighted by Crippen LogP contribution is 2.25. The van der Waals surface area contributed by atoms with E-state index in [4.69, 9.17) is 4.74 Å². The summed E-state index contributed by atoms with van der Waals surface area (Å²) < 4.78 is 33.8. The van der Waals surface area contributed by atoms with Crippen molar-refractivity contribution in [3.05, 3.63) is 23.8 Å². The van der Waals surface area contributed by atoms with E-state index >= 15 is 0 Å². The maximum atomic E-state index is 13.1. The van der Waals surface area contributed by atoms with Crippen LogP contribution in [0.1, 0.15) is 55.3 Å². The maximum absolute atomic E-state index is 13.1. The first kappa shape index (κ1) is 23.0. The van der Waals surface area contributed by atoms with E-state index in [0.29, 0.717) is 36.9 Å². The average molecular weight is 438 g/mol. The molecule has 1 N–H and O–H groups in total. The third kappa shape index (κ3) is 5.95. The second-order valence-electron chi connectivity index (χ2n) is 8.50. The Bertz CT molecular complexity index is 812. The van der Waals surface area contributed by atoms with Crippen LogP contribution in [0.25, 0.3) is 0 Å². The van der Waals surface area contributed by atoms with Crippen molar-refractivity contribution in [3.8, 4) is 5.75 Å². The number of amides is 1. The number of hydrogen-bond donors (Lipinski definition) is 1. The Kier molecular flexibility index (Phi) is 8.13. The first-order valence-electron chi connectivity index (χ1n) is 11.1. The monoisotopic (exact) mass is 437 g/mol. The highest BCUT2D eigenvalue weighted by atomic mass is 32.2. The topological polar surface area (TPSA) is 79.0 Å². The summed E-state index contributed by atoms with van der Waals surface area (Å²) >= 11 is 0. The molecule has 0 atom stereocenters. The fourth-order valence-electron chi connectivity index (χ4n) is 4.30. The Balaban J connectivity index is 1.68. The van der Waals surface area contributed by atoms with Gasteiger partial charge in [-0.1, -0.05) is 12.8 Å². The van der Waals surface area contributed by atoms with E-state index in [0.717, 1.165) is 58.0 Å². The molecule has 0 aromatic heterocycles. The van der Waals surface area contributed by atoms with E-state index in [-0.39, 0.29) is 10.8 Å². The molecule has 1 aromatic carbocycles. The molecule has 30 heavy (non-hydrogen) atoms. The van der Waals surface area contributed by atoms with Crippen molar-refractivity contribution < 1.29 is 17.9 Å². The molecule has 0 unspecified atom stereocenters. The minimum Gasteiger partial charge on any atom is -0.496 e. The van der Waals surface area contributed by atoms with Crippen LogP contribution in [0.4, 0.5) is 0 Å². The first-order chi connectivity index (χ1) is 14.4. The average Bonchev–Trinajstić information content (AvgIpc) is 3.03. The summed E-state index contributed by atoms with van der Waals surface area (Å²) in [5.74, 6) is 0.812. The van der Waals surface area contributed by atoms with Crippen molar-refractivity contribution in [1.29, 1.82) is 0 Å². The Morgan fingerprint density at radius 2 is 1.77 bits per heavy atom. The molecule has 1 aromatic rings. The third-order valence-electron chi connectivity index (χ3n) is 6.29. The first-order valence-corrected chi connectivity index (χ1v) is 12.5. The van der Waals surface area contributed by atoms with Crippen LogP contribution < -0.4 is 9.46 Å². The van der Waals surface area contributed by atoms with Gasteiger partial charge in [0, 0.05) is 19.6 Å². The zero-order valence-electron chi connectivity index (χ0n) is 18.2. The second-order valence-corrected chi connectivity index (χ2v) is 10.3. The molecular formula is C22H35N3O4S. The number of nitrogens with one attached hydrogen (secondary N) is 1. The summed E-state index contributed by atoms with van der Waals surface area (Å²) in [4.78, 5) is 17.3. The lowest BCUT2D eigenvalue weighted by Gasteiger charge is -2.28. The molecule has 1 amide bonds. The van der Waals surface area contributed by atoms with E-state index in [1.165, 1.54) is 19.2 Å². The number of nitrogens with zero attached hydrogens (tertiary/aromatic N) is 2. The number of hydrogen-bond acceptors (Lipinski definition) is 5. The van der Waals surface area contributed by atoms with Crippen molar-refractivity contribution in [2.75, 3.05) is 46.9 Å². The van der Waals surface area contributed by atoms with Gasteiger partial charge in [-0.25, -0.2) is 13.1 Å². The summed E-state index contributed by atoms with van der Waals surface area (Å²) in [7, 11) is -0.0568. The fourth-order valence-corrected chi connectivity index (χ4v) is 5.37. The van der Waals surface area contributed by atoms with Crippen LogP contribution in [0, 0.1) is 5.92 Å². The quantitative estimate of drug-likeness (QED) is 0.710. The molecular weight excluding hydrogens is 402 g/mol. The van der Waals surface area contributed by atoms with E-state index in [9.17, 15) is 13.2 Å². The van der Waals surface area contributed by atoms with Gasteiger partial charge in [-0.3, -0.25) is 4.79 Å². The molecule has 7 nitrogen and oxygen atoms in total. The second kappa shape index (κ2) is 10.6. The molecule has 2 heterocycles. The van der Waals surface area contributed by atoms with Gasteiger partial charge in [-0.2, -0.15) is 0 Å². The lowest BCUT2D eigenvalue weighted by atomic mass is 9.94. The molecule has 0 bridgehead atoms. The minimum atomic E-state index is -3.68. The molecule has 3 rings (SSSR count). The molecule has 2 aliphatic heterocycles. The van der Waals surface area contributed by atoms with Gasteiger partial charge in [0.15, 0.2) is 0 Å². The molecule has 0 spiro atoms. The molecule has 0 aliphatic carbocycles. The van der Waals surface area contributed by atoms with Gasteiger partial charge in [0.05, 0.1) is 17.6 Å². The van der Waals surface area contributed by atoms with Gasteiger partial charge in [-0.15, -0.1) is 0 Å². The lowest BCUT2D eigenvalue weighted by Crippen LogP contribution is -2.33. The number of likely N-dealkylation sites (tertiary alicyclic amines) is 2. The molecule has 2 fully saturated rings. The van der Waals surface area contributed by atoms with Crippen LogP contribution in [-0.4, -0.2) is 71.0 Å². The Hall–Kier alpha value is -1.64. The van der Waals surface area contributed by atoms with Gasteiger partial charge in [0.25, 0.3) is 5.91 Å². The number of carbonyl (C=O) groups is 1. The van der Waals surface area contributed by atoms with Crippen molar-refractivity contribution >= 4 is 15.9 Å². The predicted octanol–water partition coefficient (Wildman–Crippen LogP) is 2.72. The van der Waals surface area contributed by atoms with Gasteiger partial charge >= 0.3 is 0 Å². The van der Waals surface area contributed by atoms with Crippen LogP contribution in [0.5, 0.6) is 5.75 Å². The number of sulfonamides is 1. The van der Waals surface area contributed by atoms with E-state index in [1.54, 1.807) is 6.07 Å². The highest BCUT2D eigenvalue weighted by Gasteiger charge is 2.24. The van der Waals surface area contributed by atoms with Crippen molar-refractivity contribution in [3.63, 3.8) is 0 Å². The highest BCUT2D eigenvalue weighted by molar-refractivity contribution is 7.89. The molecule has 8 heteroatoms. The Morgan fingerprint density at radius 1 is 1.10 bits per heavy atom. The summed E-state index contributed by atoms with van der Waals surface area (Å²) in [5, 5.41) is 0. The summed E-state index contributed by atoms with van der Waals surface area (Å²) in [6.07, 6.45) is 7.25. The van der Waals surface area contributed by atoms with Gasteiger partial charge < -0.3 is 14.5 Å². The van der Waals surface area contributed by atoms with Crippen molar-refractivity contribution in [1.82, 2.24) is 14.5 Å². The Labute approximate surface area is 180 Å². The van der Waals surface area contributed by atoms with Crippen molar-refractivity contribution in [2.45, 2.75) is 49.8 Å². The lowest BCUT2D eigenvalue weighted by molar-refractivity contribution is 0.0758. The minimum absolute atomic E-state index is 0.116. The number of rotatable bonds is 7.